The van der Waals surface area contributed by atoms with Gasteiger partial charge in [0.2, 0.25) is 11.5 Å². The summed E-state index contributed by atoms with van der Waals surface area (Å²) in [5, 5.41) is 9.97. The number of hydrogen-bond donors (Lipinski definition) is 2. The first kappa shape index (κ1) is 18.4. The van der Waals surface area contributed by atoms with Crippen LogP contribution in [0.25, 0.3) is 11.4 Å². The van der Waals surface area contributed by atoms with Gasteiger partial charge in [0.15, 0.2) is 5.69 Å². The molecule has 0 aliphatic rings. The molecule has 0 aliphatic heterocycles. The number of rotatable bonds is 3. The van der Waals surface area contributed by atoms with Gasteiger partial charge in [0.25, 0.3) is 5.56 Å². The van der Waals surface area contributed by atoms with Crippen LogP contribution in [0.4, 0.5) is 13.2 Å². The summed E-state index contributed by atoms with van der Waals surface area (Å²) in [5.41, 5.74) is -2.38. The van der Waals surface area contributed by atoms with Gasteiger partial charge >= 0.3 is 6.18 Å². The zero-order valence-corrected chi connectivity index (χ0v) is 14.0. The molecule has 1 aromatic heterocycles. The van der Waals surface area contributed by atoms with E-state index in [0.29, 0.717) is 5.56 Å². The second-order valence-corrected chi connectivity index (χ2v) is 5.80. The lowest BCUT2D eigenvalue weighted by Gasteiger charge is -2.13. The van der Waals surface area contributed by atoms with E-state index in [4.69, 9.17) is 0 Å². The lowest BCUT2D eigenvalue weighted by molar-refractivity contribution is -0.137. The van der Waals surface area contributed by atoms with Gasteiger partial charge in [-0.15, -0.1) is 0 Å². The smallest absolute Gasteiger partial charge is 0.417 e. The van der Waals surface area contributed by atoms with E-state index in [2.05, 4.69) is 9.97 Å². The average molecular weight is 374 g/mol. The van der Waals surface area contributed by atoms with Gasteiger partial charge in [-0.2, -0.15) is 13.2 Å². The Kier molecular flexibility index (Phi) is 4.57. The molecule has 0 bridgehead atoms. The van der Waals surface area contributed by atoms with Crippen LogP contribution in [0.2, 0.25) is 0 Å². The number of aryl methyl sites for hydroxylation is 1. The number of aromatic amines is 1. The van der Waals surface area contributed by atoms with Gasteiger partial charge < -0.3 is 10.1 Å². The molecule has 0 amide bonds. The van der Waals surface area contributed by atoms with Crippen molar-refractivity contribution < 1.29 is 23.1 Å². The maximum atomic E-state index is 13.3. The Bertz CT molecular complexity index is 1090. The van der Waals surface area contributed by atoms with Crippen LogP contribution in [0, 0.1) is 6.92 Å². The van der Waals surface area contributed by atoms with Crippen molar-refractivity contribution in [2.45, 2.75) is 13.1 Å². The minimum Gasteiger partial charge on any atom is -0.501 e. The molecule has 0 aliphatic carbocycles. The monoisotopic (exact) mass is 374 g/mol. The lowest BCUT2D eigenvalue weighted by atomic mass is 10.0. The van der Waals surface area contributed by atoms with Crippen molar-refractivity contribution in [1.29, 1.82) is 0 Å². The third-order valence-electron chi connectivity index (χ3n) is 3.99. The number of nitrogens with zero attached hydrogens (tertiary/aromatic N) is 1. The van der Waals surface area contributed by atoms with Crippen molar-refractivity contribution in [2.75, 3.05) is 0 Å². The first-order chi connectivity index (χ1) is 12.7. The van der Waals surface area contributed by atoms with Gasteiger partial charge in [0.1, 0.15) is 5.82 Å². The Hall–Kier alpha value is -3.42. The van der Waals surface area contributed by atoms with Gasteiger partial charge in [0, 0.05) is 11.1 Å². The van der Waals surface area contributed by atoms with Crippen molar-refractivity contribution in [3.8, 4) is 17.1 Å². The molecule has 1 heterocycles. The van der Waals surface area contributed by atoms with Crippen LogP contribution < -0.4 is 5.56 Å². The number of halogens is 3. The Morgan fingerprint density at radius 1 is 1.07 bits per heavy atom. The molecule has 0 fully saturated rings. The fourth-order valence-electron chi connectivity index (χ4n) is 2.64. The van der Waals surface area contributed by atoms with Crippen molar-refractivity contribution in [1.82, 2.24) is 9.97 Å². The molecule has 0 spiro atoms. The topological polar surface area (TPSA) is 83.0 Å². The molecule has 0 radical (unpaired) electrons. The average Bonchev–Trinajstić information content (AvgIpc) is 2.63. The number of nitrogens with one attached hydrogen (secondary N) is 1. The normalized spacial score (nSPS) is 11.4. The molecule has 2 aromatic carbocycles. The van der Waals surface area contributed by atoms with Gasteiger partial charge in [-0.05, 0) is 18.6 Å². The molecule has 27 heavy (non-hydrogen) atoms. The minimum absolute atomic E-state index is 0.181. The number of aromatic hydroxyl groups is 1. The van der Waals surface area contributed by atoms with Crippen molar-refractivity contribution in [3.63, 3.8) is 0 Å². The van der Waals surface area contributed by atoms with Gasteiger partial charge in [-0.3, -0.25) is 9.59 Å². The molecule has 0 saturated carbocycles. The molecular weight excluding hydrogens is 361 g/mol. The number of aromatic nitrogens is 2. The van der Waals surface area contributed by atoms with Crippen LogP contribution >= 0.6 is 0 Å². The highest BCUT2D eigenvalue weighted by Gasteiger charge is 2.34. The quantitative estimate of drug-likeness (QED) is 0.685. The summed E-state index contributed by atoms with van der Waals surface area (Å²) >= 11 is 0. The highest BCUT2D eigenvalue weighted by Crippen LogP contribution is 2.35. The molecule has 138 valence electrons. The van der Waals surface area contributed by atoms with Crippen LogP contribution in [-0.2, 0) is 6.18 Å². The molecule has 3 rings (SSSR count). The van der Waals surface area contributed by atoms with E-state index in [-0.39, 0.29) is 5.56 Å². The standard InChI is InChI=1S/C19H13F3N2O3/c1-10-6-2-3-7-11(10)15(25)14-16(26)18(27)24-17(23-14)12-8-4-5-9-13(12)19(20,21)22/h2-9,26H,1H3,(H,23,24,27). The van der Waals surface area contributed by atoms with Crippen LogP contribution in [0.5, 0.6) is 5.75 Å². The van der Waals surface area contributed by atoms with Crippen LogP contribution in [0.1, 0.15) is 27.2 Å². The zero-order valence-electron chi connectivity index (χ0n) is 14.0. The Morgan fingerprint density at radius 3 is 2.37 bits per heavy atom. The summed E-state index contributed by atoms with van der Waals surface area (Å²) < 4.78 is 39.8. The number of carbonyl (C=O) groups is 1. The third kappa shape index (κ3) is 3.46. The van der Waals surface area contributed by atoms with Crippen LogP contribution in [0.15, 0.2) is 53.3 Å². The number of benzene rings is 2. The van der Waals surface area contributed by atoms with Crippen molar-refractivity contribution in [2.24, 2.45) is 0 Å². The molecule has 8 heteroatoms. The highest BCUT2D eigenvalue weighted by molar-refractivity contribution is 6.10. The fourth-order valence-corrected chi connectivity index (χ4v) is 2.64. The van der Waals surface area contributed by atoms with Crippen molar-refractivity contribution in [3.05, 3.63) is 81.3 Å². The number of carbonyl (C=O) groups excluding carboxylic acids is 1. The summed E-state index contributed by atoms with van der Waals surface area (Å²) in [7, 11) is 0. The zero-order chi connectivity index (χ0) is 19.8. The minimum atomic E-state index is -4.69. The second kappa shape index (κ2) is 6.71. The summed E-state index contributed by atoms with van der Waals surface area (Å²) in [5.74, 6) is -2.17. The second-order valence-electron chi connectivity index (χ2n) is 5.80. The molecule has 0 unspecified atom stereocenters. The molecule has 5 nitrogen and oxygen atoms in total. The maximum Gasteiger partial charge on any atom is 0.417 e. The molecular formula is C19H13F3N2O3. The summed E-state index contributed by atoms with van der Waals surface area (Å²) in [6.07, 6.45) is -4.69. The van der Waals surface area contributed by atoms with E-state index >= 15 is 0 Å². The van der Waals surface area contributed by atoms with E-state index in [0.717, 1.165) is 12.1 Å². The number of H-pyrrole nitrogens is 1. The number of ketones is 1. The Morgan fingerprint density at radius 2 is 1.70 bits per heavy atom. The summed E-state index contributed by atoms with van der Waals surface area (Å²) in [6.45, 7) is 1.65. The number of alkyl halides is 3. The maximum absolute atomic E-state index is 13.3. The Balaban J connectivity index is 2.22. The SMILES string of the molecule is Cc1ccccc1C(=O)c1nc(-c2ccccc2C(F)(F)F)[nH]c(=O)c1O. The molecule has 0 saturated heterocycles. The first-order valence-corrected chi connectivity index (χ1v) is 7.80. The molecule has 0 atom stereocenters. The van der Waals surface area contributed by atoms with E-state index < -0.39 is 45.9 Å². The predicted octanol–water partition coefficient (Wildman–Crippen LogP) is 3.70. The number of hydrogen-bond acceptors (Lipinski definition) is 4. The van der Waals surface area contributed by atoms with Crippen LogP contribution in [0.3, 0.4) is 0 Å². The summed E-state index contributed by atoms with van der Waals surface area (Å²) in [6, 6.07) is 10.9. The molecule has 2 N–H and O–H groups in total. The third-order valence-corrected chi connectivity index (χ3v) is 3.99. The predicted molar refractivity (Wildman–Crippen MR) is 91.6 cm³/mol. The van der Waals surface area contributed by atoms with E-state index in [1.165, 1.54) is 18.2 Å². The summed E-state index contributed by atoms with van der Waals surface area (Å²) in [4.78, 5) is 30.7. The lowest BCUT2D eigenvalue weighted by Crippen LogP contribution is -2.18. The highest BCUT2D eigenvalue weighted by atomic mass is 19.4. The van der Waals surface area contributed by atoms with E-state index in [1.54, 1.807) is 25.1 Å². The first-order valence-electron chi connectivity index (χ1n) is 7.80. The van der Waals surface area contributed by atoms with Crippen LogP contribution in [-0.4, -0.2) is 20.9 Å². The van der Waals surface area contributed by atoms with Gasteiger partial charge in [-0.1, -0.05) is 42.5 Å². The largest absolute Gasteiger partial charge is 0.501 e. The Labute approximate surface area is 151 Å². The van der Waals surface area contributed by atoms with Gasteiger partial charge in [0.05, 0.1) is 5.56 Å². The molecule has 3 aromatic rings. The van der Waals surface area contributed by atoms with E-state index in [1.807, 2.05) is 0 Å². The van der Waals surface area contributed by atoms with Crippen molar-refractivity contribution >= 4 is 5.78 Å². The van der Waals surface area contributed by atoms with Gasteiger partial charge in [-0.25, -0.2) is 4.98 Å². The fraction of sp³-hybridized carbons (Fsp3) is 0.105. The van der Waals surface area contributed by atoms with E-state index in [9.17, 15) is 27.9 Å².